The summed E-state index contributed by atoms with van der Waals surface area (Å²) >= 11 is 0. The Morgan fingerprint density at radius 2 is 1.70 bits per heavy atom. The van der Waals surface area contributed by atoms with E-state index in [0.717, 1.165) is 25.5 Å². The molecule has 1 heteroatoms. The highest BCUT2D eigenvalue weighted by molar-refractivity contribution is 5.48. The van der Waals surface area contributed by atoms with Gasteiger partial charge < -0.3 is 4.79 Å². The SMILES string of the molecule is C=CCCCCC=O.CC. The van der Waals surface area contributed by atoms with Gasteiger partial charge in [-0.25, -0.2) is 0 Å². The molecule has 0 heterocycles. The highest BCUT2D eigenvalue weighted by Gasteiger charge is 1.81. The molecule has 0 aromatic heterocycles. The Labute approximate surface area is 64.1 Å². The number of unbranched alkanes of at least 4 members (excludes halogenated alkanes) is 3. The summed E-state index contributed by atoms with van der Waals surface area (Å²) in [7, 11) is 0. The van der Waals surface area contributed by atoms with Gasteiger partial charge in [0.25, 0.3) is 0 Å². The molecule has 0 aliphatic heterocycles. The molecule has 10 heavy (non-hydrogen) atoms. The fourth-order valence-electron chi connectivity index (χ4n) is 0.516. The molecule has 0 N–H and O–H groups in total. The first-order valence-corrected chi connectivity index (χ1v) is 3.96. The number of carbonyl (C=O) groups excluding carboxylic acids is 1. The molecule has 0 bridgehead atoms. The first-order chi connectivity index (χ1) is 4.91. The fourth-order valence-corrected chi connectivity index (χ4v) is 0.516. The Bertz CT molecular complexity index is 57.1. The Morgan fingerprint density at radius 3 is 2.10 bits per heavy atom. The maximum Gasteiger partial charge on any atom is 0.119 e. The zero-order valence-corrected chi connectivity index (χ0v) is 7.10. The number of carbonyl (C=O) groups is 1. The lowest BCUT2D eigenvalue weighted by Crippen LogP contribution is -1.74. The maximum atomic E-state index is 9.74. The monoisotopic (exact) mass is 142 g/mol. The van der Waals surface area contributed by atoms with Crippen LogP contribution in [0.25, 0.3) is 0 Å². The van der Waals surface area contributed by atoms with E-state index in [1.54, 1.807) is 0 Å². The summed E-state index contributed by atoms with van der Waals surface area (Å²) in [4.78, 5) is 9.74. The molecule has 0 saturated carbocycles. The molecule has 0 rings (SSSR count). The van der Waals surface area contributed by atoms with E-state index in [4.69, 9.17) is 0 Å². The smallest absolute Gasteiger partial charge is 0.119 e. The van der Waals surface area contributed by atoms with Crippen LogP contribution in [0.15, 0.2) is 12.7 Å². The Kier molecular flexibility index (Phi) is 19.1. The Morgan fingerprint density at radius 1 is 1.20 bits per heavy atom. The van der Waals surface area contributed by atoms with Crippen molar-refractivity contribution >= 4 is 6.29 Å². The number of allylic oxidation sites excluding steroid dienone is 1. The van der Waals surface area contributed by atoms with E-state index in [1.165, 1.54) is 0 Å². The zero-order chi connectivity index (χ0) is 8.24. The van der Waals surface area contributed by atoms with Crippen molar-refractivity contribution in [3.8, 4) is 0 Å². The van der Waals surface area contributed by atoms with Gasteiger partial charge in [-0.1, -0.05) is 19.9 Å². The zero-order valence-electron chi connectivity index (χ0n) is 7.10. The third-order valence-electron chi connectivity index (χ3n) is 0.980. The molecule has 0 amide bonds. The average molecular weight is 142 g/mol. The molecule has 0 spiro atoms. The van der Waals surface area contributed by atoms with Crippen molar-refractivity contribution in [3.63, 3.8) is 0 Å². The Balaban J connectivity index is 0. The molecular formula is C9H18O. The van der Waals surface area contributed by atoms with Gasteiger partial charge in [-0.15, -0.1) is 6.58 Å². The van der Waals surface area contributed by atoms with Crippen LogP contribution in [0.4, 0.5) is 0 Å². The summed E-state index contributed by atoms with van der Waals surface area (Å²) in [5, 5.41) is 0. The molecule has 0 aromatic carbocycles. The van der Waals surface area contributed by atoms with Gasteiger partial charge in [-0.2, -0.15) is 0 Å². The predicted octanol–water partition coefficient (Wildman–Crippen LogP) is 2.96. The average Bonchev–Trinajstić information content (AvgIpc) is 2.02. The molecule has 0 aromatic rings. The lowest BCUT2D eigenvalue weighted by molar-refractivity contribution is -0.107. The van der Waals surface area contributed by atoms with E-state index in [1.807, 2.05) is 19.9 Å². The largest absolute Gasteiger partial charge is 0.303 e. The normalized spacial score (nSPS) is 7.40. The van der Waals surface area contributed by atoms with Crippen molar-refractivity contribution < 1.29 is 4.79 Å². The summed E-state index contributed by atoms with van der Waals surface area (Å²) in [5.74, 6) is 0. The summed E-state index contributed by atoms with van der Waals surface area (Å²) in [5.41, 5.74) is 0. The highest BCUT2D eigenvalue weighted by Crippen LogP contribution is 1.96. The number of hydrogen-bond donors (Lipinski definition) is 0. The minimum Gasteiger partial charge on any atom is -0.303 e. The second kappa shape index (κ2) is 15.8. The van der Waals surface area contributed by atoms with Gasteiger partial charge in [0.15, 0.2) is 0 Å². The van der Waals surface area contributed by atoms with Crippen LogP contribution in [0.5, 0.6) is 0 Å². The van der Waals surface area contributed by atoms with Gasteiger partial charge in [0.2, 0.25) is 0 Å². The molecule has 0 fully saturated rings. The van der Waals surface area contributed by atoms with Crippen LogP contribution in [0.2, 0.25) is 0 Å². The van der Waals surface area contributed by atoms with Crippen molar-refractivity contribution in [2.75, 3.05) is 0 Å². The first kappa shape index (κ1) is 12.1. The third-order valence-corrected chi connectivity index (χ3v) is 0.980. The van der Waals surface area contributed by atoms with Crippen molar-refractivity contribution in [2.24, 2.45) is 0 Å². The second-order valence-corrected chi connectivity index (χ2v) is 1.74. The molecule has 0 saturated heterocycles. The predicted molar refractivity (Wildman–Crippen MR) is 46.1 cm³/mol. The molecule has 1 nitrogen and oxygen atoms in total. The molecule has 0 aliphatic rings. The van der Waals surface area contributed by atoms with Crippen LogP contribution < -0.4 is 0 Å². The van der Waals surface area contributed by atoms with E-state index >= 15 is 0 Å². The lowest BCUT2D eigenvalue weighted by Gasteiger charge is -1.87. The highest BCUT2D eigenvalue weighted by atomic mass is 16.1. The second-order valence-electron chi connectivity index (χ2n) is 1.74. The van der Waals surface area contributed by atoms with Gasteiger partial charge in [0.1, 0.15) is 6.29 Å². The third kappa shape index (κ3) is 15.7. The van der Waals surface area contributed by atoms with Crippen LogP contribution >= 0.6 is 0 Å². The summed E-state index contributed by atoms with van der Waals surface area (Å²) in [6.45, 7) is 7.57. The number of aldehydes is 1. The lowest BCUT2D eigenvalue weighted by atomic mass is 10.2. The van der Waals surface area contributed by atoms with E-state index in [9.17, 15) is 4.79 Å². The van der Waals surface area contributed by atoms with Crippen LogP contribution in [0.1, 0.15) is 39.5 Å². The maximum absolute atomic E-state index is 9.74. The van der Waals surface area contributed by atoms with Crippen molar-refractivity contribution in [3.05, 3.63) is 12.7 Å². The van der Waals surface area contributed by atoms with E-state index in [-0.39, 0.29) is 0 Å². The summed E-state index contributed by atoms with van der Waals surface area (Å²) < 4.78 is 0. The van der Waals surface area contributed by atoms with Gasteiger partial charge in [0, 0.05) is 6.42 Å². The van der Waals surface area contributed by atoms with Crippen molar-refractivity contribution in [2.45, 2.75) is 39.5 Å². The fraction of sp³-hybridized carbons (Fsp3) is 0.667. The Hall–Kier alpha value is -0.590. The van der Waals surface area contributed by atoms with Crippen LogP contribution in [0.3, 0.4) is 0 Å². The van der Waals surface area contributed by atoms with Gasteiger partial charge in [-0.3, -0.25) is 0 Å². The van der Waals surface area contributed by atoms with Crippen molar-refractivity contribution in [1.82, 2.24) is 0 Å². The van der Waals surface area contributed by atoms with E-state index in [2.05, 4.69) is 6.58 Å². The molecular weight excluding hydrogens is 124 g/mol. The number of rotatable bonds is 5. The number of hydrogen-bond acceptors (Lipinski definition) is 1. The van der Waals surface area contributed by atoms with Crippen molar-refractivity contribution in [1.29, 1.82) is 0 Å². The molecule has 0 unspecified atom stereocenters. The molecule has 0 atom stereocenters. The minimum absolute atomic E-state index is 0.702. The first-order valence-electron chi connectivity index (χ1n) is 3.96. The van der Waals surface area contributed by atoms with Crippen LogP contribution in [0, 0.1) is 0 Å². The standard InChI is InChI=1S/C7H12O.C2H6/c1-2-3-4-5-6-7-8;1-2/h2,7H,1,3-6H2;1-2H3. The molecule has 0 aliphatic carbocycles. The van der Waals surface area contributed by atoms with E-state index in [0.29, 0.717) is 6.42 Å². The summed E-state index contributed by atoms with van der Waals surface area (Å²) in [6.07, 6.45) is 6.69. The van der Waals surface area contributed by atoms with Gasteiger partial charge >= 0.3 is 0 Å². The molecule has 60 valence electrons. The van der Waals surface area contributed by atoms with Gasteiger partial charge in [-0.05, 0) is 19.3 Å². The topological polar surface area (TPSA) is 17.1 Å². The minimum atomic E-state index is 0.702. The quantitative estimate of drug-likeness (QED) is 0.327. The summed E-state index contributed by atoms with van der Waals surface area (Å²) in [6, 6.07) is 0. The van der Waals surface area contributed by atoms with Crippen LogP contribution in [-0.2, 0) is 4.79 Å². The van der Waals surface area contributed by atoms with Crippen LogP contribution in [-0.4, -0.2) is 6.29 Å². The molecule has 0 radical (unpaired) electrons. The van der Waals surface area contributed by atoms with E-state index < -0.39 is 0 Å². The van der Waals surface area contributed by atoms with Gasteiger partial charge in [0.05, 0.1) is 0 Å².